The average Bonchev–Trinajstić information content (AvgIpc) is 3.29. The second-order valence-corrected chi connectivity index (χ2v) is 7.15. The van der Waals surface area contributed by atoms with Crippen LogP contribution in [0.25, 0.3) is 0 Å². The zero-order valence-electron chi connectivity index (χ0n) is 15.1. The summed E-state index contributed by atoms with van der Waals surface area (Å²) in [5.74, 6) is -0.0156. The van der Waals surface area contributed by atoms with Gasteiger partial charge in [-0.05, 0) is 30.5 Å². The summed E-state index contributed by atoms with van der Waals surface area (Å²) < 4.78 is 0. The molecule has 2 aromatic carbocycles. The van der Waals surface area contributed by atoms with Crippen LogP contribution in [0.5, 0.6) is 0 Å². The summed E-state index contributed by atoms with van der Waals surface area (Å²) in [5, 5.41) is 0. The SMILES string of the molecule is O=C(CCCN1C(=O)c2ccccc2C1=O)N1CC[C@H](c2ccccc2)C1. The van der Waals surface area contributed by atoms with E-state index in [2.05, 4.69) is 12.1 Å². The molecule has 1 fully saturated rings. The van der Waals surface area contributed by atoms with Gasteiger partial charge in [-0.1, -0.05) is 42.5 Å². The number of rotatable bonds is 5. The van der Waals surface area contributed by atoms with Crippen LogP contribution in [0, 0.1) is 0 Å². The third-order valence-corrected chi connectivity index (χ3v) is 5.46. The predicted octanol–water partition coefficient (Wildman–Crippen LogP) is 3.08. The van der Waals surface area contributed by atoms with Crippen molar-refractivity contribution in [2.24, 2.45) is 0 Å². The van der Waals surface area contributed by atoms with Gasteiger partial charge in [-0.15, -0.1) is 0 Å². The van der Waals surface area contributed by atoms with Crippen LogP contribution in [0.3, 0.4) is 0 Å². The lowest BCUT2D eigenvalue weighted by Crippen LogP contribution is -2.33. The first-order valence-electron chi connectivity index (χ1n) is 9.43. The first-order chi connectivity index (χ1) is 13.1. The molecule has 2 aliphatic rings. The number of amides is 3. The first-order valence-corrected chi connectivity index (χ1v) is 9.43. The number of fused-ring (bicyclic) bond motifs is 1. The second-order valence-electron chi connectivity index (χ2n) is 7.15. The monoisotopic (exact) mass is 362 g/mol. The fourth-order valence-corrected chi connectivity index (χ4v) is 3.97. The van der Waals surface area contributed by atoms with Crippen molar-refractivity contribution in [3.05, 3.63) is 71.3 Å². The fraction of sp³-hybridized carbons (Fsp3) is 0.318. The molecule has 4 rings (SSSR count). The van der Waals surface area contributed by atoms with Crippen LogP contribution in [0.1, 0.15) is 51.5 Å². The molecular formula is C22H22N2O3. The van der Waals surface area contributed by atoms with Crippen LogP contribution in [0.4, 0.5) is 0 Å². The molecule has 0 N–H and O–H groups in total. The molecule has 0 aliphatic carbocycles. The third kappa shape index (κ3) is 3.37. The number of nitrogens with zero attached hydrogens (tertiary/aromatic N) is 2. The number of hydrogen-bond acceptors (Lipinski definition) is 3. The molecule has 0 bridgehead atoms. The lowest BCUT2D eigenvalue weighted by atomic mass is 9.99. The summed E-state index contributed by atoms with van der Waals surface area (Å²) in [6, 6.07) is 17.1. The lowest BCUT2D eigenvalue weighted by molar-refractivity contribution is -0.130. The van der Waals surface area contributed by atoms with E-state index >= 15 is 0 Å². The maximum Gasteiger partial charge on any atom is 0.261 e. The molecule has 0 unspecified atom stereocenters. The molecule has 0 saturated carbocycles. The molecule has 138 valence electrons. The summed E-state index contributed by atoms with van der Waals surface area (Å²) in [6.45, 7) is 1.80. The van der Waals surface area contributed by atoms with Crippen molar-refractivity contribution in [3.63, 3.8) is 0 Å². The van der Waals surface area contributed by atoms with E-state index < -0.39 is 0 Å². The van der Waals surface area contributed by atoms with E-state index in [4.69, 9.17) is 0 Å². The zero-order valence-corrected chi connectivity index (χ0v) is 15.1. The van der Waals surface area contributed by atoms with Gasteiger partial charge >= 0.3 is 0 Å². The summed E-state index contributed by atoms with van der Waals surface area (Å²) in [7, 11) is 0. The molecule has 5 heteroatoms. The Morgan fingerprint density at radius 1 is 0.926 bits per heavy atom. The molecule has 2 aliphatic heterocycles. The Balaban J connectivity index is 1.28. The van der Waals surface area contributed by atoms with E-state index in [0.29, 0.717) is 29.9 Å². The largest absolute Gasteiger partial charge is 0.342 e. The van der Waals surface area contributed by atoms with Crippen LogP contribution >= 0.6 is 0 Å². The van der Waals surface area contributed by atoms with E-state index in [0.717, 1.165) is 19.5 Å². The molecule has 27 heavy (non-hydrogen) atoms. The Bertz CT molecular complexity index is 843. The third-order valence-electron chi connectivity index (χ3n) is 5.46. The molecule has 0 spiro atoms. The minimum absolute atomic E-state index is 0.102. The number of hydrogen-bond donors (Lipinski definition) is 0. The van der Waals surface area contributed by atoms with Gasteiger partial charge in [-0.25, -0.2) is 0 Å². The van der Waals surface area contributed by atoms with Crippen molar-refractivity contribution in [1.82, 2.24) is 9.80 Å². The molecule has 3 amide bonds. The van der Waals surface area contributed by atoms with E-state index in [9.17, 15) is 14.4 Å². The Morgan fingerprint density at radius 2 is 1.56 bits per heavy atom. The van der Waals surface area contributed by atoms with E-state index in [1.165, 1.54) is 10.5 Å². The summed E-state index contributed by atoms with van der Waals surface area (Å²) in [6.07, 6.45) is 1.83. The van der Waals surface area contributed by atoms with Crippen LogP contribution in [-0.2, 0) is 4.79 Å². The maximum absolute atomic E-state index is 12.5. The quantitative estimate of drug-likeness (QED) is 0.768. The molecule has 2 aromatic rings. The van der Waals surface area contributed by atoms with Gasteiger partial charge in [-0.3, -0.25) is 19.3 Å². The Labute approximate surface area is 158 Å². The maximum atomic E-state index is 12.5. The Hall–Kier alpha value is -2.95. The normalized spacial score (nSPS) is 18.9. The van der Waals surface area contributed by atoms with E-state index in [1.807, 2.05) is 23.1 Å². The molecule has 5 nitrogen and oxygen atoms in total. The van der Waals surface area contributed by atoms with Gasteiger partial charge in [0.15, 0.2) is 0 Å². The second kappa shape index (κ2) is 7.35. The highest BCUT2D eigenvalue weighted by Crippen LogP contribution is 2.28. The van der Waals surface area contributed by atoms with Crippen molar-refractivity contribution in [2.45, 2.75) is 25.2 Å². The standard InChI is InChI=1S/C22H22N2O3/c25-20(23-14-12-17(15-23)16-7-2-1-3-8-16)11-6-13-24-21(26)18-9-4-5-10-19(18)22(24)27/h1-5,7-10,17H,6,11-15H2/t17-/m0/s1. The molecule has 1 atom stereocenters. The van der Waals surface area contributed by atoms with Crippen LogP contribution in [-0.4, -0.2) is 47.2 Å². The average molecular weight is 362 g/mol. The zero-order chi connectivity index (χ0) is 18.8. The fourth-order valence-electron chi connectivity index (χ4n) is 3.97. The minimum atomic E-state index is -0.256. The summed E-state index contributed by atoms with van der Waals surface area (Å²) >= 11 is 0. The number of benzene rings is 2. The number of likely N-dealkylation sites (tertiary alicyclic amines) is 1. The molecule has 1 saturated heterocycles. The van der Waals surface area contributed by atoms with E-state index in [1.54, 1.807) is 24.3 Å². The van der Waals surface area contributed by atoms with E-state index in [-0.39, 0.29) is 24.3 Å². The molecule has 0 radical (unpaired) electrons. The number of carbonyl (C=O) groups excluding carboxylic acids is 3. The van der Waals surface area contributed by atoms with Gasteiger partial charge in [-0.2, -0.15) is 0 Å². The summed E-state index contributed by atoms with van der Waals surface area (Å²) in [4.78, 5) is 40.4. The highest BCUT2D eigenvalue weighted by molar-refractivity contribution is 6.21. The first kappa shape index (κ1) is 17.5. The Kier molecular flexibility index (Phi) is 4.75. The number of imide groups is 1. The highest BCUT2D eigenvalue weighted by Gasteiger charge is 2.35. The van der Waals surface area contributed by atoms with Gasteiger partial charge in [0.25, 0.3) is 11.8 Å². The minimum Gasteiger partial charge on any atom is -0.342 e. The van der Waals surface area contributed by atoms with Gasteiger partial charge < -0.3 is 4.90 Å². The van der Waals surface area contributed by atoms with Crippen molar-refractivity contribution >= 4 is 17.7 Å². The Morgan fingerprint density at radius 3 is 2.22 bits per heavy atom. The van der Waals surface area contributed by atoms with Gasteiger partial charge in [0, 0.05) is 32.0 Å². The van der Waals surface area contributed by atoms with Crippen molar-refractivity contribution in [2.75, 3.05) is 19.6 Å². The van der Waals surface area contributed by atoms with Crippen molar-refractivity contribution < 1.29 is 14.4 Å². The van der Waals surface area contributed by atoms with Crippen molar-refractivity contribution in [1.29, 1.82) is 0 Å². The molecular weight excluding hydrogens is 340 g/mol. The predicted molar refractivity (Wildman–Crippen MR) is 101 cm³/mol. The van der Waals surface area contributed by atoms with Crippen LogP contribution in [0.15, 0.2) is 54.6 Å². The molecule has 0 aromatic heterocycles. The molecule has 2 heterocycles. The van der Waals surface area contributed by atoms with Crippen LogP contribution in [0.2, 0.25) is 0 Å². The highest BCUT2D eigenvalue weighted by atomic mass is 16.2. The smallest absolute Gasteiger partial charge is 0.261 e. The lowest BCUT2D eigenvalue weighted by Gasteiger charge is -2.18. The van der Waals surface area contributed by atoms with Crippen LogP contribution < -0.4 is 0 Å². The van der Waals surface area contributed by atoms with Gasteiger partial charge in [0.2, 0.25) is 5.91 Å². The van der Waals surface area contributed by atoms with Gasteiger partial charge in [0.05, 0.1) is 11.1 Å². The van der Waals surface area contributed by atoms with Crippen molar-refractivity contribution in [3.8, 4) is 0 Å². The van der Waals surface area contributed by atoms with Gasteiger partial charge in [0.1, 0.15) is 0 Å². The topological polar surface area (TPSA) is 57.7 Å². The summed E-state index contributed by atoms with van der Waals surface area (Å²) in [5.41, 5.74) is 2.19. The number of carbonyl (C=O) groups is 3.